The topological polar surface area (TPSA) is 75.2 Å². The number of phenolic OH excluding ortho intramolecular Hbond substituents is 1. The molecule has 22 heavy (non-hydrogen) atoms. The summed E-state index contributed by atoms with van der Waals surface area (Å²) in [5, 5.41) is 9.75. The molecule has 5 nitrogen and oxygen atoms in total. The average Bonchev–Trinajstić information content (AvgIpc) is 2.52. The van der Waals surface area contributed by atoms with Gasteiger partial charge in [0.15, 0.2) is 0 Å². The molecule has 1 aromatic carbocycles. The Morgan fingerprint density at radius 1 is 1.23 bits per heavy atom. The van der Waals surface area contributed by atoms with E-state index in [1.54, 1.807) is 18.2 Å². The van der Waals surface area contributed by atoms with Crippen LogP contribution in [-0.2, 0) is 12.8 Å². The van der Waals surface area contributed by atoms with E-state index in [0.717, 1.165) is 12.1 Å². The molecule has 0 unspecified atom stereocenters. The van der Waals surface area contributed by atoms with Gasteiger partial charge in [-0.25, -0.2) is 4.98 Å². The lowest BCUT2D eigenvalue weighted by Crippen LogP contribution is -2.18. The van der Waals surface area contributed by atoms with Gasteiger partial charge in [0.2, 0.25) is 0 Å². The van der Waals surface area contributed by atoms with Crippen LogP contribution in [0.5, 0.6) is 11.5 Å². The van der Waals surface area contributed by atoms with Gasteiger partial charge in [-0.1, -0.05) is 20.8 Å². The van der Waals surface area contributed by atoms with Crippen molar-refractivity contribution in [3.05, 3.63) is 39.8 Å². The summed E-state index contributed by atoms with van der Waals surface area (Å²) in [5.41, 5.74) is 1.96. The van der Waals surface area contributed by atoms with Crippen LogP contribution in [0.2, 0.25) is 0 Å². The summed E-state index contributed by atoms with van der Waals surface area (Å²) in [7, 11) is 0. The average molecular weight is 302 g/mol. The Hall–Kier alpha value is -2.30. The number of aromatic amines is 1. The third kappa shape index (κ3) is 3.30. The lowest BCUT2D eigenvalue weighted by Gasteiger charge is -2.12. The number of phenols is 1. The number of aromatic hydroxyl groups is 1. The van der Waals surface area contributed by atoms with Gasteiger partial charge in [-0.05, 0) is 37.5 Å². The van der Waals surface area contributed by atoms with Crippen LogP contribution < -0.4 is 10.3 Å². The van der Waals surface area contributed by atoms with Gasteiger partial charge in [0.25, 0.3) is 5.56 Å². The number of hydrogen-bond acceptors (Lipinski definition) is 4. The molecule has 0 bridgehead atoms. The number of nitrogens with zero attached hydrogens (tertiary/aromatic N) is 1. The van der Waals surface area contributed by atoms with Crippen LogP contribution in [-0.4, -0.2) is 21.7 Å². The second-order valence-electron chi connectivity index (χ2n) is 5.08. The molecular formula is C17H22N2O3. The molecule has 0 saturated heterocycles. The molecule has 5 heteroatoms. The van der Waals surface area contributed by atoms with Crippen LogP contribution in [0, 0.1) is 0 Å². The first-order valence-electron chi connectivity index (χ1n) is 7.68. The highest BCUT2D eigenvalue weighted by Crippen LogP contribution is 2.31. The van der Waals surface area contributed by atoms with Crippen LogP contribution in [0.1, 0.15) is 38.4 Å². The molecule has 0 fully saturated rings. The predicted molar refractivity (Wildman–Crippen MR) is 86.5 cm³/mol. The summed E-state index contributed by atoms with van der Waals surface area (Å²) in [6, 6.07) is 4.82. The quantitative estimate of drug-likeness (QED) is 0.860. The highest BCUT2D eigenvalue weighted by atomic mass is 16.5. The van der Waals surface area contributed by atoms with E-state index in [9.17, 15) is 9.90 Å². The van der Waals surface area contributed by atoms with Gasteiger partial charge in [-0.3, -0.25) is 4.79 Å². The monoisotopic (exact) mass is 302 g/mol. The van der Waals surface area contributed by atoms with Crippen molar-refractivity contribution in [1.82, 2.24) is 9.97 Å². The summed E-state index contributed by atoms with van der Waals surface area (Å²) in [5.74, 6) is 1.15. The Kier molecular flexibility index (Phi) is 5.20. The van der Waals surface area contributed by atoms with E-state index in [-0.39, 0.29) is 11.3 Å². The minimum absolute atomic E-state index is 0.110. The van der Waals surface area contributed by atoms with Crippen molar-refractivity contribution in [2.45, 2.75) is 40.0 Å². The minimum atomic E-state index is -0.130. The highest BCUT2D eigenvalue weighted by molar-refractivity contribution is 5.66. The molecular weight excluding hydrogens is 280 g/mol. The number of H-pyrrole nitrogens is 1. The van der Waals surface area contributed by atoms with Crippen molar-refractivity contribution in [3.63, 3.8) is 0 Å². The number of aromatic nitrogens is 2. The summed E-state index contributed by atoms with van der Waals surface area (Å²) in [6.45, 7) is 6.50. The van der Waals surface area contributed by atoms with Crippen molar-refractivity contribution in [2.75, 3.05) is 6.61 Å². The smallest absolute Gasteiger partial charge is 0.254 e. The molecule has 0 aliphatic carbocycles. The van der Waals surface area contributed by atoms with E-state index in [0.29, 0.717) is 42.1 Å². The van der Waals surface area contributed by atoms with Crippen molar-refractivity contribution in [2.24, 2.45) is 0 Å². The fraction of sp³-hybridized carbons (Fsp3) is 0.412. The molecule has 0 spiro atoms. The van der Waals surface area contributed by atoms with Gasteiger partial charge in [-0.2, -0.15) is 0 Å². The lowest BCUT2D eigenvalue weighted by molar-refractivity contribution is 0.318. The first kappa shape index (κ1) is 16.1. The number of benzene rings is 1. The number of aryl methyl sites for hydroxylation is 1. The summed E-state index contributed by atoms with van der Waals surface area (Å²) >= 11 is 0. The molecule has 2 rings (SSSR count). The predicted octanol–water partition coefficient (Wildman–Crippen LogP) is 3.06. The Balaban J connectivity index is 2.58. The Morgan fingerprint density at radius 3 is 2.64 bits per heavy atom. The van der Waals surface area contributed by atoms with Crippen LogP contribution in [0.25, 0.3) is 11.4 Å². The van der Waals surface area contributed by atoms with Crippen LogP contribution in [0.3, 0.4) is 0 Å². The van der Waals surface area contributed by atoms with Crippen LogP contribution in [0.15, 0.2) is 23.0 Å². The molecule has 0 radical (unpaired) electrons. The van der Waals surface area contributed by atoms with E-state index in [1.807, 2.05) is 20.8 Å². The van der Waals surface area contributed by atoms with Gasteiger partial charge in [0.05, 0.1) is 17.9 Å². The summed E-state index contributed by atoms with van der Waals surface area (Å²) in [6.07, 6.45) is 2.20. The van der Waals surface area contributed by atoms with Crippen molar-refractivity contribution >= 4 is 0 Å². The normalized spacial score (nSPS) is 10.7. The second-order valence-corrected chi connectivity index (χ2v) is 5.08. The van der Waals surface area contributed by atoms with Gasteiger partial charge in [0, 0.05) is 5.56 Å². The standard InChI is InChI=1S/C17H22N2O3/c1-4-9-22-15-8-7-11(20)10-13(15)16-18-14(6-3)12(5-2)17(21)19-16/h7-8,10,20H,4-6,9H2,1-3H3,(H,18,19,21). The highest BCUT2D eigenvalue weighted by Gasteiger charge is 2.14. The Labute approximate surface area is 130 Å². The van der Waals surface area contributed by atoms with E-state index < -0.39 is 0 Å². The molecule has 0 amide bonds. The summed E-state index contributed by atoms with van der Waals surface area (Å²) < 4.78 is 5.69. The van der Waals surface area contributed by atoms with Crippen molar-refractivity contribution in [3.8, 4) is 22.9 Å². The third-order valence-corrected chi connectivity index (χ3v) is 3.47. The first-order valence-corrected chi connectivity index (χ1v) is 7.68. The fourth-order valence-electron chi connectivity index (χ4n) is 2.37. The Morgan fingerprint density at radius 2 is 2.00 bits per heavy atom. The van der Waals surface area contributed by atoms with E-state index in [4.69, 9.17) is 4.74 Å². The van der Waals surface area contributed by atoms with Crippen molar-refractivity contribution in [1.29, 1.82) is 0 Å². The fourth-order valence-corrected chi connectivity index (χ4v) is 2.37. The van der Waals surface area contributed by atoms with E-state index in [2.05, 4.69) is 9.97 Å². The number of nitrogens with one attached hydrogen (secondary N) is 1. The summed E-state index contributed by atoms with van der Waals surface area (Å²) in [4.78, 5) is 19.6. The first-order chi connectivity index (χ1) is 10.6. The molecule has 1 aromatic heterocycles. The number of hydrogen-bond donors (Lipinski definition) is 2. The molecule has 0 atom stereocenters. The Bertz CT molecular complexity index is 708. The van der Waals surface area contributed by atoms with E-state index >= 15 is 0 Å². The molecule has 0 aliphatic heterocycles. The zero-order chi connectivity index (χ0) is 16.1. The van der Waals surface area contributed by atoms with Gasteiger partial charge in [-0.15, -0.1) is 0 Å². The second kappa shape index (κ2) is 7.11. The maximum absolute atomic E-state index is 12.2. The molecule has 0 saturated carbocycles. The molecule has 118 valence electrons. The zero-order valence-electron chi connectivity index (χ0n) is 13.3. The number of ether oxygens (including phenoxy) is 1. The minimum Gasteiger partial charge on any atom is -0.508 e. The molecule has 1 heterocycles. The maximum atomic E-state index is 12.2. The largest absolute Gasteiger partial charge is 0.508 e. The van der Waals surface area contributed by atoms with Gasteiger partial charge >= 0.3 is 0 Å². The molecule has 2 N–H and O–H groups in total. The zero-order valence-corrected chi connectivity index (χ0v) is 13.3. The molecule has 2 aromatic rings. The molecule has 0 aliphatic rings. The lowest BCUT2D eigenvalue weighted by atomic mass is 10.1. The van der Waals surface area contributed by atoms with Gasteiger partial charge < -0.3 is 14.8 Å². The van der Waals surface area contributed by atoms with Crippen molar-refractivity contribution < 1.29 is 9.84 Å². The van der Waals surface area contributed by atoms with Crippen LogP contribution >= 0.6 is 0 Å². The van der Waals surface area contributed by atoms with Gasteiger partial charge in [0.1, 0.15) is 17.3 Å². The SMILES string of the molecule is CCCOc1ccc(O)cc1-c1nc(CC)c(CC)c(=O)[nH]1. The van der Waals surface area contributed by atoms with E-state index in [1.165, 1.54) is 0 Å². The third-order valence-electron chi connectivity index (χ3n) is 3.47. The number of rotatable bonds is 6. The van der Waals surface area contributed by atoms with Crippen LogP contribution in [0.4, 0.5) is 0 Å². The maximum Gasteiger partial charge on any atom is 0.254 e.